The number of imidazole rings is 1. The van der Waals surface area contributed by atoms with Crippen LogP contribution in [0.25, 0.3) is 22.6 Å². The first-order valence-electron chi connectivity index (χ1n) is 11.7. The number of nitrogens with zero attached hydrogens (tertiary/aromatic N) is 5. The van der Waals surface area contributed by atoms with Crippen LogP contribution in [0.4, 0.5) is 10.2 Å². The number of aliphatic hydroxyl groups is 2. The number of carbonyl (C=O) groups is 1. The number of aryl methyl sites for hydroxylation is 1. The van der Waals surface area contributed by atoms with E-state index in [1.54, 1.807) is 29.0 Å². The van der Waals surface area contributed by atoms with Crippen molar-refractivity contribution in [2.45, 2.75) is 38.1 Å². The summed E-state index contributed by atoms with van der Waals surface area (Å²) >= 11 is 6.14. The van der Waals surface area contributed by atoms with Gasteiger partial charge in [0.2, 0.25) is 5.91 Å². The molecule has 0 radical (unpaired) electrons. The maximum Gasteiger partial charge on any atom is 0.225 e. The minimum absolute atomic E-state index is 0.142. The number of carbonyl (C=O) groups excluding carboxylic acids is 1. The van der Waals surface area contributed by atoms with Crippen molar-refractivity contribution in [1.29, 1.82) is 0 Å². The highest BCUT2D eigenvalue weighted by Crippen LogP contribution is 2.38. The zero-order valence-corrected chi connectivity index (χ0v) is 20.8. The lowest BCUT2D eigenvalue weighted by Gasteiger charge is -2.18. The number of halogens is 2. The van der Waals surface area contributed by atoms with E-state index in [-0.39, 0.29) is 30.5 Å². The number of aliphatic hydroxyl groups excluding tert-OH is 2. The molecule has 1 amide bonds. The van der Waals surface area contributed by atoms with Crippen LogP contribution < -0.4 is 10.6 Å². The standard InChI is InChI=1S/C25H25ClFN7O3/c1-12-3-4-17(27)13(5-12)9-30-23-19-24(33-22(32-23)14-6-15(26)10-29-8-14)34(11-31-19)18-7-16(25(37)28-2)20(35)21(18)36/h3-6,8,10-11,16,18,20-21,35-36H,7,9H2,1-2H3,(H,28,37)(H,30,32,33)/t16-,18+,20+,21-/m0/s1. The van der Waals surface area contributed by atoms with Crippen molar-refractivity contribution in [2.24, 2.45) is 5.92 Å². The van der Waals surface area contributed by atoms with Crippen LogP contribution in [0.15, 0.2) is 43.0 Å². The number of aromatic nitrogens is 5. The van der Waals surface area contributed by atoms with E-state index in [2.05, 4.69) is 30.6 Å². The van der Waals surface area contributed by atoms with Gasteiger partial charge in [-0.15, -0.1) is 0 Å². The number of benzene rings is 1. The first kappa shape index (κ1) is 25.0. The Morgan fingerprint density at radius 1 is 1.22 bits per heavy atom. The van der Waals surface area contributed by atoms with E-state index in [0.29, 0.717) is 33.1 Å². The number of rotatable bonds is 6. The molecule has 0 aliphatic heterocycles. The summed E-state index contributed by atoms with van der Waals surface area (Å²) in [4.78, 5) is 30.1. The van der Waals surface area contributed by atoms with Gasteiger partial charge in [0.05, 0.1) is 29.4 Å². The fourth-order valence-electron chi connectivity index (χ4n) is 4.69. The third-order valence-corrected chi connectivity index (χ3v) is 6.83. The average Bonchev–Trinajstić information content (AvgIpc) is 3.44. The minimum Gasteiger partial charge on any atom is -0.390 e. The van der Waals surface area contributed by atoms with E-state index in [1.165, 1.54) is 25.6 Å². The number of hydrogen-bond acceptors (Lipinski definition) is 8. The molecular formula is C25H25ClFN7O3. The lowest BCUT2D eigenvalue weighted by molar-refractivity contribution is -0.128. The maximum atomic E-state index is 14.4. The second-order valence-electron chi connectivity index (χ2n) is 9.07. The summed E-state index contributed by atoms with van der Waals surface area (Å²) in [6.45, 7) is 2.02. The summed E-state index contributed by atoms with van der Waals surface area (Å²) in [6.07, 6.45) is 2.26. The molecule has 1 aliphatic rings. The van der Waals surface area contributed by atoms with Crippen molar-refractivity contribution in [1.82, 2.24) is 29.8 Å². The monoisotopic (exact) mass is 525 g/mol. The average molecular weight is 526 g/mol. The Morgan fingerprint density at radius 2 is 2.03 bits per heavy atom. The van der Waals surface area contributed by atoms with Gasteiger partial charge < -0.3 is 25.4 Å². The van der Waals surface area contributed by atoms with Gasteiger partial charge in [0.25, 0.3) is 0 Å². The van der Waals surface area contributed by atoms with Gasteiger partial charge in [-0.2, -0.15) is 0 Å². The molecule has 0 saturated heterocycles. The molecule has 1 aliphatic carbocycles. The molecule has 1 saturated carbocycles. The molecule has 3 heterocycles. The van der Waals surface area contributed by atoms with Crippen LogP contribution in [0.3, 0.4) is 0 Å². The zero-order valence-electron chi connectivity index (χ0n) is 20.1. The molecule has 1 fully saturated rings. The quantitative estimate of drug-likeness (QED) is 0.301. The van der Waals surface area contributed by atoms with Crippen LogP contribution in [0, 0.1) is 18.7 Å². The Balaban J connectivity index is 1.59. The molecule has 4 N–H and O–H groups in total. The van der Waals surface area contributed by atoms with E-state index in [4.69, 9.17) is 11.6 Å². The number of pyridine rings is 1. The maximum absolute atomic E-state index is 14.4. The van der Waals surface area contributed by atoms with Gasteiger partial charge in [-0.05, 0) is 25.5 Å². The van der Waals surface area contributed by atoms with Crippen LogP contribution in [-0.2, 0) is 11.3 Å². The van der Waals surface area contributed by atoms with E-state index in [9.17, 15) is 19.4 Å². The molecule has 192 valence electrons. The summed E-state index contributed by atoms with van der Waals surface area (Å²) in [6, 6.07) is 5.85. The molecular weight excluding hydrogens is 501 g/mol. The topological polar surface area (TPSA) is 138 Å². The van der Waals surface area contributed by atoms with Crippen molar-refractivity contribution in [3.05, 3.63) is 65.0 Å². The SMILES string of the molecule is CNC(=O)[C@H]1C[C@@H](n2cnc3c(NCc4cc(C)ccc4F)nc(-c4cncc(Cl)c4)nc32)[C@H](O)[C@@H]1O. The molecule has 37 heavy (non-hydrogen) atoms. The molecule has 3 aromatic heterocycles. The number of nitrogens with one attached hydrogen (secondary N) is 2. The molecule has 5 rings (SSSR count). The lowest BCUT2D eigenvalue weighted by atomic mass is 10.1. The smallest absolute Gasteiger partial charge is 0.225 e. The third-order valence-electron chi connectivity index (χ3n) is 6.62. The molecule has 0 bridgehead atoms. The van der Waals surface area contributed by atoms with Gasteiger partial charge in [0.1, 0.15) is 17.4 Å². The summed E-state index contributed by atoms with van der Waals surface area (Å²) in [5.74, 6) is -0.872. The van der Waals surface area contributed by atoms with Crippen LogP contribution in [0.5, 0.6) is 0 Å². The molecule has 4 aromatic rings. The van der Waals surface area contributed by atoms with Crippen LogP contribution in [0.2, 0.25) is 5.02 Å². The molecule has 4 atom stereocenters. The summed E-state index contributed by atoms with van der Waals surface area (Å²) < 4.78 is 16.0. The van der Waals surface area contributed by atoms with Gasteiger partial charge in [-0.25, -0.2) is 19.3 Å². The summed E-state index contributed by atoms with van der Waals surface area (Å²) in [5.41, 5.74) is 2.67. The van der Waals surface area contributed by atoms with Crippen LogP contribution in [-0.4, -0.2) is 59.9 Å². The highest BCUT2D eigenvalue weighted by atomic mass is 35.5. The summed E-state index contributed by atoms with van der Waals surface area (Å²) in [5, 5.41) is 27.4. The van der Waals surface area contributed by atoms with Crippen molar-refractivity contribution < 1.29 is 19.4 Å². The fraction of sp³-hybridized carbons (Fsp3) is 0.320. The predicted molar refractivity (Wildman–Crippen MR) is 135 cm³/mol. The Labute approximate surface area is 216 Å². The van der Waals surface area contributed by atoms with Crippen molar-refractivity contribution in [3.63, 3.8) is 0 Å². The van der Waals surface area contributed by atoms with Gasteiger partial charge in [0, 0.05) is 37.1 Å². The number of hydrogen-bond donors (Lipinski definition) is 4. The van der Waals surface area contributed by atoms with E-state index in [1.807, 2.05) is 6.92 Å². The minimum atomic E-state index is -1.25. The molecule has 10 nitrogen and oxygen atoms in total. The predicted octanol–water partition coefficient (Wildman–Crippen LogP) is 2.63. The lowest BCUT2D eigenvalue weighted by Crippen LogP contribution is -2.36. The van der Waals surface area contributed by atoms with E-state index < -0.39 is 24.2 Å². The van der Waals surface area contributed by atoms with Crippen molar-refractivity contribution in [2.75, 3.05) is 12.4 Å². The Hall–Kier alpha value is -3.67. The van der Waals surface area contributed by atoms with Gasteiger partial charge in [-0.1, -0.05) is 29.3 Å². The van der Waals surface area contributed by atoms with Gasteiger partial charge in [-0.3, -0.25) is 9.78 Å². The fourth-order valence-corrected chi connectivity index (χ4v) is 4.87. The molecule has 0 unspecified atom stereocenters. The van der Waals surface area contributed by atoms with E-state index in [0.717, 1.165) is 5.56 Å². The number of anilines is 1. The first-order chi connectivity index (χ1) is 17.8. The Morgan fingerprint density at radius 3 is 2.78 bits per heavy atom. The molecule has 12 heteroatoms. The van der Waals surface area contributed by atoms with Crippen molar-refractivity contribution >= 4 is 34.5 Å². The summed E-state index contributed by atoms with van der Waals surface area (Å²) in [7, 11) is 1.48. The van der Waals surface area contributed by atoms with Gasteiger partial charge in [0.15, 0.2) is 17.3 Å². The van der Waals surface area contributed by atoms with Crippen LogP contribution in [0.1, 0.15) is 23.6 Å². The number of fused-ring (bicyclic) bond motifs is 1. The normalized spacial score (nSPS) is 21.4. The largest absolute Gasteiger partial charge is 0.390 e. The third kappa shape index (κ3) is 4.73. The second kappa shape index (κ2) is 10.0. The highest BCUT2D eigenvalue weighted by Gasteiger charge is 2.46. The molecule has 1 aromatic carbocycles. The Kier molecular flexibility index (Phi) is 6.76. The van der Waals surface area contributed by atoms with Crippen LogP contribution >= 0.6 is 11.6 Å². The van der Waals surface area contributed by atoms with Crippen molar-refractivity contribution in [3.8, 4) is 11.4 Å². The van der Waals surface area contributed by atoms with E-state index >= 15 is 0 Å². The zero-order chi connectivity index (χ0) is 26.3. The highest BCUT2D eigenvalue weighted by molar-refractivity contribution is 6.30. The second-order valence-corrected chi connectivity index (χ2v) is 9.50. The first-order valence-corrected chi connectivity index (χ1v) is 12.1. The Bertz CT molecular complexity index is 1480. The van der Waals surface area contributed by atoms with Gasteiger partial charge >= 0.3 is 0 Å². The number of amides is 1. The molecule has 0 spiro atoms.